The number of fused-ring (bicyclic) bond motifs is 1. The molecular formula is C12H12N2O. The summed E-state index contributed by atoms with van der Waals surface area (Å²) < 4.78 is 5.30. The lowest BCUT2D eigenvalue weighted by Gasteiger charge is -2.37. The van der Waals surface area contributed by atoms with Crippen molar-refractivity contribution in [2.24, 2.45) is 5.41 Å². The molecule has 1 saturated heterocycles. The maximum Gasteiger partial charge on any atom is 0.0774 e. The third-order valence-corrected chi connectivity index (χ3v) is 3.35. The molecule has 76 valence electrons. The predicted octanol–water partition coefficient (Wildman–Crippen LogP) is 1.26. The van der Waals surface area contributed by atoms with Gasteiger partial charge in [-0.25, -0.2) is 0 Å². The van der Waals surface area contributed by atoms with Gasteiger partial charge in [-0.2, -0.15) is 5.26 Å². The number of ether oxygens (including phenoxy) is 1. The fourth-order valence-electron chi connectivity index (χ4n) is 2.54. The van der Waals surface area contributed by atoms with Gasteiger partial charge in [0.2, 0.25) is 0 Å². The number of nitrogens with zero attached hydrogens (tertiary/aromatic N) is 2. The third kappa shape index (κ3) is 1.33. The summed E-state index contributed by atoms with van der Waals surface area (Å²) in [6, 6.07) is 4.23. The maximum absolute atomic E-state index is 8.62. The van der Waals surface area contributed by atoms with Crippen LogP contribution in [0.4, 0.5) is 0 Å². The molecule has 2 heterocycles. The smallest absolute Gasteiger partial charge is 0.0774 e. The zero-order valence-electron chi connectivity index (χ0n) is 8.49. The summed E-state index contributed by atoms with van der Waals surface area (Å²) in [5, 5.41) is 8.62. The largest absolute Gasteiger partial charge is 0.380 e. The molecule has 15 heavy (non-hydrogen) atoms. The second-order valence-electron chi connectivity index (χ2n) is 4.63. The molecule has 0 bridgehead atoms. The van der Waals surface area contributed by atoms with Gasteiger partial charge in [0.15, 0.2) is 0 Å². The molecule has 0 unspecified atom stereocenters. The molecule has 0 saturated carbocycles. The van der Waals surface area contributed by atoms with Crippen LogP contribution >= 0.6 is 0 Å². The Labute approximate surface area is 88.7 Å². The minimum absolute atomic E-state index is 0.370. The first-order valence-electron chi connectivity index (χ1n) is 5.23. The van der Waals surface area contributed by atoms with Gasteiger partial charge >= 0.3 is 0 Å². The van der Waals surface area contributed by atoms with Crippen LogP contribution in [0.15, 0.2) is 12.3 Å². The number of hydrogen-bond acceptors (Lipinski definition) is 3. The van der Waals surface area contributed by atoms with Gasteiger partial charge < -0.3 is 4.74 Å². The molecule has 1 aromatic rings. The first kappa shape index (κ1) is 8.87. The van der Waals surface area contributed by atoms with E-state index in [-0.39, 0.29) is 0 Å². The van der Waals surface area contributed by atoms with Gasteiger partial charge in [-0.15, -0.1) is 0 Å². The molecule has 1 fully saturated rings. The lowest BCUT2D eigenvalue weighted by molar-refractivity contribution is -0.106. The number of rotatable bonds is 1. The van der Waals surface area contributed by atoms with Crippen molar-refractivity contribution >= 4 is 0 Å². The maximum atomic E-state index is 8.62. The zero-order valence-corrected chi connectivity index (χ0v) is 8.49. The van der Waals surface area contributed by atoms with Crippen molar-refractivity contribution in [3.8, 4) is 6.07 Å². The first-order chi connectivity index (χ1) is 7.31. The Morgan fingerprint density at radius 1 is 1.40 bits per heavy atom. The average molecular weight is 200 g/mol. The Morgan fingerprint density at radius 2 is 2.20 bits per heavy atom. The van der Waals surface area contributed by atoms with Crippen LogP contribution < -0.4 is 0 Å². The molecule has 0 aromatic carbocycles. The summed E-state index contributed by atoms with van der Waals surface area (Å²) in [5.74, 6) is 0. The minimum Gasteiger partial charge on any atom is -0.380 e. The highest BCUT2D eigenvalue weighted by Crippen LogP contribution is 2.42. The molecule has 0 atom stereocenters. The Morgan fingerprint density at radius 3 is 2.87 bits per heavy atom. The van der Waals surface area contributed by atoms with Crippen molar-refractivity contribution in [2.75, 3.05) is 13.2 Å². The molecule has 1 spiro atoms. The second kappa shape index (κ2) is 3.04. The van der Waals surface area contributed by atoms with Crippen molar-refractivity contribution in [3.63, 3.8) is 0 Å². The molecule has 1 aliphatic carbocycles. The summed E-state index contributed by atoms with van der Waals surface area (Å²) >= 11 is 0. The highest BCUT2D eigenvalue weighted by Gasteiger charge is 2.43. The standard InChI is InChI=1S/C12H12N2O/c13-2-1-11-3-9-4-12(7-15-8-12)5-10(9)6-14-11/h3,6H,1,4-5,7-8H2. The fraction of sp³-hybridized carbons (Fsp3) is 0.500. The molecule has 3 rings (SSSR count). The normalized spacial score (nSPS) is 20.7. The van der Waals surface area contributed by atoms with Crippen molar-refractivity contribution in [1.82, 2.24) is 4.98 Å². The lowest BCUT2D eigenvalue weighted by atomic mass is 9.83. The molecule has 0 amide bonds. The topological polar surface area (TPSA) is 45.9 Å². The summed E-state index contributed by atoms with van der Waals surface area (Å²) in [4.78, 5) is 4.30. The van der Waals surface area contributed by atoms with Gasteiger partial charge in [0.25, 0.3) is 0 Å². The number of hydrogen-bond donors (Lipinski definition) is 0. The third-order valence-electron chi connectivity index (χ3n) is 3.35. The fourth-order valence-corrected chi connectivity index (χ4v) is 2.54. The number of pyridine rings is 1. The van der Waals surface area contributed by atoms with E-state index in [1.807, 2.05) is 6.20 Å². The van der Waals surface area contributed by atoms with Gasteiger partial charge in [0, 0.05) is 11.6 Å². The van der Waals surface area contributed by atoms with Crippen LogP contribution in [-0.4, -0.2) is 18.2 Å². The number of nitriles is 1. The summed E-state index contributed by atoms with van der Waals surface area (Å²) in [6.07, 6.45) is 4.55. The van der Waals surface area contributed by atoms with Crippen LogP contribution in [0, 0.1) is 16.7 Å². The summed E-state index contributed by atoms with van der Waals surface area (Å²) in [6.45, 7) is 1.77. The van der Waals surface area contributed by atoms with E-state index in [1.54, 1.807) is 0 Å². The van der Waals surface area contributed by atoms with Crippen molar-refractivity contribution < 1.29 is 4.74 Å². The highest BCUT2D eigenvalue weighted by atomic mass is 16.5. The van der Waals surface area contributed by atoms with E-state index in [1.165, 1.54) is 11.1 Å². The molecular weight excluding hydrogens is 188 g/mol. The van der Waals surface area contributed by atoms with Gasteiger partial charge in [-0.05, 0) is 30.0 Å². The van der Waals surface area contributed by atoms with E-state index in [0.717, 1.165) is 31.7 Å². The molecule has 2 aliphatic rings. The molecule has 0 radical (unpaired) electrons. The first-order valence-corrected chi connectivity index (χ1v) is 5.23. The molecule has 3 heteroatoms. The Balaban J connectivity index is 1.90. The molecule has 0 N–H and O–H groups in total. The van der Waals surface area contributed by atoms with E-state index in [0.29, 0.717) is 11.8 Å². The van der Waals surface area contributed by atoms with Gasteiger partial charge in [-0.3, -0.25) is 4.98 Å². The van der Waals surface area contributed by atoms with Crippen LogP contribution in [0.2, 0.25) is 0 Å². The Bertz CT molecular complexity index is 443. The average Bonchev–Trinajstić information content (AvgIpc) is 2.56. The van der Waals surface area contributed by atoms with Crippen LogP contribution in [0.5, 0.6) is 0 Å². The molecule has 1 aromatic heterocycles. The summed E-state index contributed by atoms with van der Waals surface area (Å²) in [5.41, 5.74) is 3.99. The van der Waals surface area contributed by atoms with E-state index in [4.69, 9.17) is 10.00 Å². The zero-order chi connectivity index (χ0) is 10.3. The minimum atomic E-state index is 0.370. The SMILES string of the molecule is N#CCc1cc2c(cn1)CC1(COC1)C2. The van der Waals surface area contributed by atoms with Crippen molar-refractivity contribution in [2.45, 2.75) is 19.3 Å². The van der Waals surface area contributed by atoms with E-state index >= 15 is 0 Å². The predicted molar refractivity (Wildman–Crippen MR) is 54.2 cm³/mol. The quantitative estimate of drug-likeness (QED) is 0.685. The van der Waals surface area contributed by atoms with Crippen molar-refractivity contribution in [3.05, 3.63) is 29.1 Å². The van der Waals surface area contributed by atoms with Crippen LogP contribution in [0.25, 0.3) is 0 Å². The lowest BCUT2D eigenvalue weighted by Crippen LogP contribution is -2.43. The summed E-state index contributed by atoms with van der Waals surface area (Å²) in [7, 11) is 0. The molecule has 3 nitrogen and oxygen atoms in total. The Hall–Kier alpha value is -1.40. The number of aromatic nitrogens is 1. The molecule has 1 aliphatic heterocycles. The van der Waals surface area contributed by atoms with E-state index < -0.39 is 0 Å². The van der Waals surface area contributed by atoms with Crippen LogP contribution in [0.1, 0.15) is 16.8 Å². The van der Waals surface area contributed by atoms with Crippen LogP contribution in [0.3, 0.4) is 0 Å². The van der Waals surface area contributed by atoms with E-state index in [2.05, 4.69) is 17.1 Å². The van der Waals surface area contributed by atoms with Gasteiger partial charge in [-0.1, -0.05) is 0 Å². The van der Waals surface area contributed by atoms with Gasteiger partial charge in [0.05, 0.1) is 31.4 Å². The second-order valence-corrected chi connectivity index (χ2v) is 4.63. The van der Waals surface area contributed by atoms with Crippen LogP contribution in [-0.2, 0) is 24.0 Å². The van der Waals surface area contributed by atoms with Crippen molar-refractivity contribution in [1.29, 1.82) is 5.26 Å². The van der Waals surface area contributed by atoms with Gasteiger partial charge in [0.1, 0.15) is 0 Å². The highest BCUT2D eigenvalue weighted by molar-refractivity contribution is 5.35. The van der Waals surface area contributed by atoms with E-state index in [9.17, 15) is 0 Å². The monoisotopic (exact) mass is 200 g/mol. The Kier molecular flexibility index (Phi) is 1.80.